The normalized spacial score (nSPS) is 23.4. The van der Waals surface area contributed by atoms with Gasteiger partial charge in [-0.15, -0.1) is 0 Å². The number of esters is 4. The lowest BCUT2D eigenvalue weighted by Gasteiger charge is -2.44. The van der Waals surface area contributed by atoms with E-state index in [4.69, 9.17) is 29.2 Å². The number of hydrogen-bond acceptors (Lipinski definition) is 10. The number of azide groups is 1. The fourth-order valence-electron chi connectivity index (χ4n) is 3.78. The summed E-state index contributed by atoms with van der Waals surface area (Å²) in [4.78, 5) is 49.7. The Labute approximate surface area is 202 Å². The van der Waals surface area contributed by atoms with E-state index in [0.717, 1.165) is 11.1 Å². The molecular formula is C23H29N3O9. The molecule has 1 saturated heterocycles. The van der Waals surface area contributed by atoms with Crippen molar-refractivity contribution in [2.45, 2.75) is 71.1 Å². The Morgan fingerprint density at radius 1 is 0.829 bits per heavy atom. The highest BCUT2D eigenvalue weighted by Crippen LogP contribution is 2.31. The zero-order chi connectivity index (χ0) is 26.0. The van der Waals surface area contributed by atoms with Crippen LogP contribution in [-0.2, 0) is 55.7 Å². The van der Waals surface area contributed by atoms with Gasteiger partial charge in [0.2, 0.25) is 0 Å². The van der Waals surface area contributed by atoms with Crippen molar-refractivity contribution in [3.63, 3.8) is 0 Å². The minimum atomic E-state index is -1.19. The van der Waals surface area contributed by atoms with Gasteiger partial charge >= 0.3 is 23.9 Å². The van der Waals surface area contributed by atoms with Crippen molar-refractivity contribution in [2.75, 3.05) is 13.2 Å². The first-order valence-electron chi connectivity index (χ1n) is 11.0. The average molecular weight is 491 g/mol. The summed E-state index contributed by atoms with van der Waals surface area (Å²) in [5.41, 5.74) is 10.2. The monoisotopic (exact) mass is 491 g/mol. The first kappa shape index (κ1) is 27.6. The maximum absolute atomic E-state index is 11.9. The molecule has 35 heavy (non-hydrogen) atoms. The number of carbonyl (C=O) groups is 4. The molecule has 0 radical (unpaired) electrons. The third-order valence-electron chi connectivity index (χ3n) is 5.11. The van der Waals surface area contributed by atoms with Crippen molar-refractivity contribution in [2.24, 2.45) is 5.11 Å². The number of carbonyl (C=O) groups excluding carboxylic acids is 4. The van der Waals surface area contributed by atoms with Gasteiger partial charge in [-0.1, -0.05) is 29.4 Å². The van der Waals surface area contributed by atoms with E-state index in [2.05, 4.69) is 10.0 Å². The van der Waals surface area contributed by atoms with E-state index in [0.29, 0.717) is 13.0 Å². The molecule has 1 fully saturated rings. The summed E-state index contributed by atoms with van der Waals surface area (Å²) in [6.07, 6.45) is -4.45. The predicted octanol–water partition coefficient (Wildman–Crippen LogP) is 2.21. The molecule has 2 rings (SSSR count). The van der Waals surface area contributed by atoms with Crippen LogP contribution in [0.2, 0.25) is 0 Å². The summed E-state index contributed by atoms with van der Waals surface area (Å²) in [5.74, 6) is -2.58. The van der Waals surface area contributed by atoms with Crippen molar-refractivity contribution >= 4 is 23.9 Å². The van der Waals surface area contributed by atoms with Crippen molar-refractivity contribution in [3.8, 4) is 0 Å². The van der Waals surface area contributed by atoms with E-state index in [9.17, 15) is 19.2 Å². The molecule has 1 aromatic rings. The van der Waals surface area contributed by atoms with Crippen LogP contribution in [0.1, 0.15) is 38.8 Å². The summed E-state index contributed by atoms with van der Waals surface area (Å²) in [6, 6.07) is 7.43. The molecule has 0 saturated carbocycles. The number of rotatable bonds is 10. The molecule has 0 amide bonds. The number of nitrogens with zero attached hydrogens (tertiary/aromatic N) is 3. The zero-order valence-electron chi connectivity index (χ0n) is 20.0. The fourth-order valence-corrected chi connectivity index (χ4v) is 3.78. The van der Waals surface area contributed by atoms with Crippen LogP contribution in [0.15, 0.2) is 29.4 Å². The van der Waals surface area contributed by atoms with Crippen molar-refractivity contribution < 1.29 is 42.9 Å². The molecule has 12 nitrogen and oxygen atoms in total. The average Bonchev–Trinajstić information content (AvgIpc) is 2.77. The molecule has 1 aliphatic heterocycles. The summed E-state index contributed by atoms with van der Waals surface area (Å²) >= 11 is 0. The van der Waals surface area contributed by atoms with Gasteiger partial charge in [0.15, 0.2) is 18.3 Å². The van der Waals surface area contributed by atoms with E-state index >= 15 is 0 Å². The molecule has 0 bridgehead atoms. The van der Waals surface area contributed by atoms with Gasteiger partial charge in [-0.05, 0) is 23.1 Å². The second kappa shape index (κ2) is 13.3. The van der Waals surface area contributed by atoms with Crippen molar-refractivity contribution in [1.82, 2.24) is 0 Å². The van der Waals surface area contributed by atoms with Crippen molar-refractivity contribution in [3.05, 3.63) is 45.8 Å². The minimum absolute atomic E-state index is 0.246. The number of benzene rings is 1. The first-order valence-corrected chi connectivity index (χ1v) is 11.0. The highest BCUT2D eigenvalue weighted by Gasteiger charge is 2.51. The van der Waals surface area contributed by atoms with Gasteiger partial charge in [-0.2, -0.15) is 0 Å². The van der Waals surface area contributed by atoms with Crippen LogP contribution in [-0.4, -0.2) is 67.5 Å². The van der Waals surface area contributed by atoms with E-state index in [1.54, 1.807) is 0 Å². The number of hydrogen-bond donors (Lipinski definition) is 0. The number of ether oxygens (including phenoxy) is 5. The lowest BCUT2D eigenvalue weighted by atomic mass is 9.90. The largest absolute Gasteiger partial charge is 0.463 e. The molecule has 0 aliphatic carbocycles. The van der Waals surface area contributed by atoms with Gasteiger partial charge in [0, 0.05) is 45.6 Å². The van der Waals surface area contributed by atoms with E-state index in [-0.39, 0.29) is 13.0 Å². The summed E-state index contributed by atoms with van der Waals surface area (Å²) in [6.45, 7) is 4.82. The maximum Gasteiger partial charge on any atom is 0.303 e. The molecule has 0 N–H and O–H groups in total. The molecule has 1 aliphatic rings. The lowest BCUT2D eigenvalue weighted by molar-refractivity contribution is -0.252. The molecule has 1 aromatic carbocycles. The third kappa shape index (κ3) is 8.91. The third-order valence-corrected chi connectivity index (χ3v) is 5.11. The quantitative estimate of drug-likeness (QED) is 0.157. The van der Waals surface area contributed by atoms with Crippen molar-refractivity contribution in [1.29, 1.82) is 0 Å². The predicted molar refractivity (Wildman–Crippen MR) is 120 cm³/mol. The van der Waals surface area contributed by atoms with Crippen LogP contribution in [0.5, 0.6) is 0 Å². The first-order chi connectivity index (χ1) is 16.6. The van der Waals surface area contributed by atoms with Gasteiger partial charge < -0.3 is 23.7 Å². The lowest BCUT2D eigenvalue weighted by Crippen LogP contribution is -2.62. The van der Waals surface area contributed by atoms with Gasteiger partial charge in [0.25, 0.3) is 0 Å². The summed E-state index contributed by atoms with van der Waals surface area (Å²) < 4.78 is 27.5. The minimum Gasteiger partial charge on any atom is -0.463 e. The maximum atomic E-state index is 11.9. The van der Waals surface area contributed by atoms with Gasteiger partial charge in [-0.3, -0.25) is 19.2 Å². The van der Waals surface area contributed by atoms with Crippen LogP contribution in [0.4, 0.5) is 0 Å². The van der Waals surface area contributed by atoms with Crippen LogP contribution >= 0.6 is 0 Å². The zero-order valence-corrected chi connectivity index (χ0v) is 20.0. The van der Waals surface area contributed by atoms with E-state index in [1.165, 1.54) is 27.7 Å². The second-order valence-electron chi connectivity index (χ2n) is 7.96. The molecule has 12 heteroatoms. The SMILES string of the molecule is CC(=O)OCC1O[C@@H](Cc2ccc(CCN=[N+]=[N-])cc2)C(OC(C)=O)C(OC(C)=O)[C@H]1OC(C)=O. The standard InChI is InChI=1S/C23H29N3O9/c1-13(27)31-12-20-22(33-15(3)29)23(34-16(4)30)21(32-14(2)28)19(35-20)11-18-7-5-17(6-8-18)9-10-25-26-24/h5-8,19-23H,9-12H2,1-4H3/t19-,20?,21?,22-,23?/m0/s1. The Kier molecular flexibility index (Phi) is 10.5. The Morgan fingerprint density at radius 3 is 1.86 bits per heavy atom. The Balaban J connectivity index is 2.36. The fraction of sp³-hybridized carbons (Fsp3) is 0.565. The molecule has 0 aromatic heterocycles. The van der Waals surface area contributed by atoms with Crippen LogP contribution in [0.25, 0.3) is 10.4 Å². The highest BCUT2D eigenvalue weighted by atomic mass is 16.7. The Hall–Kier alpha value is -3.63. The topological polar surface area (TPSA) is 163 Å². The van der Waals surface area contributed by atoms with Crippen LogP contribution in [0.3, 0.4) is 0 Å². The van der Waals surface area contributed by atoms with Gasteiger partial charge in [0.1, 0.15) is 18.8 Å². The molecule has 190 valence electrons. The Morgan fingerprint density at radius 2 is 1.34 bits per heavy atom. The molecule has 3 unspecified atom stereocenters. The van der Waals surface area contributed by atoms with Crippen LogP contribution < -0.4 is 0 Å². The molecule has 1 heterocycles. The van der Waals surface area contributed by atoms with E-state index in [1.807, 2.05) is 24.3 Å². The van der Waals surface area contributed by atoms with Crippen LogP contribution in [0, 0.1) is 0 Å². The second-order valence-corrected chi connectivity index (χ2v) is 7.96. The Bertz CT molecular complexity index is 959. The van der Waals surface area contributed by atoms with Gasteiger partial charge in [0.05, 0.1) is 0 Å². The summed E-state index contributed by atoms with van der Waals surface area (Å²) in [7, 11) is 0. The van der Waals surface area contributed by atoms with Gasteiger partial charge in [-0.25, -0.2) is 0 Å². The summed E-state index contributed by atoms with van der Waals surface area (Å²) in [5, 5.41) is 3.52. The smallest absolute Gasteiger partial charge is 0.303 e. The highest BCUT2D eigenvalue weighted by molar-refractivity contribution is 5.68. The molecule has 0 spiro atoms. The molecule has 5 atom stereocenters. The molecular weight excluding hydrogens is 462 g/mol. The van der Waals surface area contributed by atoms with E-state index < -0.39 is 54.4 Å².